The third-order valence-corrected chi connectivity index (χ3v) is 8.59. The molecule has 0 saturated heterocycles. The molecule has 0 aliphatic carbocycles. The molecule has 0 amide bonds. The Morgan fingerprint density at radius 2 is 0.792 bits per heavy atom. The van der Waals surface area contributed by atoms with E-state index in [-0.39, 0.29) is 0 Å². The van der Waals surface area contributed by atoms with Crippen LogP contribution < -0.4 is 0 Å². The van der Waals surface area contributed by atoms with Crippen LogP contribution in [0.3, 0.4) is 0 Å². The van der Waals surface area contributed by atoms with E-state index in [0.717, 1.165) is 78.2 Å². The van der Waals surface area contributed by atoms with Crippen molar-refractivity contribution in [3.8, 4) is 73.4 Å². The fourth-order valence-electron chi connectivity index (χ4n) is 6.07. The number of pyridine rings is 1. The third kappa shape index (κ3) is 5.62. The highest BCUT2D eigenvalue weighted by atomic mass is 14.9. The van der Waals surface area contributed by atoms with Crippen molar-refractivity contribution in [3.05, 3.63) is 176 Å². The number of hydrogen-bond donors (Lipinski definition) is 0. The zero-order chi connectivity index (χ0) is 32.3. The fraction of sp³-hybridized carbons (Fsp3) is 0. The van der Waals surface area contributed by atoms with Crippen molar-refractivity contribution in [1.29, 1.82) is 5.26 Å². The Hall–Kier alpha value is -6.70. The second kappa shape index (κ2) is 12.6. The monoisotopic (exact) mass is 612 g/mol. The lowest BCUT2D eigenvalue weighted by Gasteiger charge is -2.16. The summed E-state index contributed by atoms with van der Waals surface area (Å²) in [6, 6.07) is 57.8. The van der Waals surface area contributed by atoms with Gasteiger partial charge < -0.3 is 0 Å². The molecule has 0 aliphatic heterocycles. The van der Waals surface area contributed by atoms with Crippen LogP contribution in [0.15, 0.2) is 170 Å². The first-order chi connectivity index (χ1) is 23.7. The van der Waals surface area contributed by atoms with Crippen molar-refractivity contribution >= 4 is 10.9 Å². The lowest BCUT2D eigenvalue weighted by Crippen LogP contribution is -2.01. The van der Waals surface area contributed by atoms with Gasteiger partial charge in [-0.15, -0.1) is 0 Å². The van der Waals surface area contributed by atoms with Gasteiger partial charge in [0.15, 0.2) is 0 Å². The van der Waals surface area contributed by atoms with Crippen molar-refractivity contribution in [1.82, 2.24) is 15.0 Å². The summed E-state index contributed by atoms with van der Waals surface area (Å²) in [6.07, 6.45) is 1.82. The summed E-state index contributed by atoms with van der Waals surface area (Å²) >= 11 is 0. The van der Waals surface area contributed by atoms with E-state index in [9.17, 15) is 0 Å². The average Bonchev–Trinajstić information content (AvgIpc) is 3.18. The second-order valence-electron chi connectivity index (χ2n) is 11.6. The molecule has 8 rings (SSSR count). The van der Waals surface area contributed by atoms with Crippen molar-refractivity contribution in [2.45, 2.75) is 0 Å². The van der Waals surface area contributed by atoms with Crippen LogP contribution >= 0.6 is 0 Å². The zero-order valence-corrected chi connectivity index (χ0v) is 26.0. The SMILES string of the molecule is N#Cc1ccc(-c2ccc(-c3ccc(-c4nc(-c5ccccc5)c(-c5ccccc5)nc4-c4ccc5ncccc5c4)cc3)cc2)cc1. The Kier molecular flexibility index (Phi) is 7.54. The van der Waals surface area contributed by atoms with Crippen molar-refractivity contribution < 1.29 is 0 Å². The van der Waals surface area contributed by atoms with Crippen LogP contribution in [-0.2, 0) is 0 Å². The maximum atomic E-state index is 9.13. The zero-order valence-electron chi connectivity index (χ0n) is 26.0. The normalized spacial score (nSPS) is 10.9. The molecule has 0 fully saturated rings. The standard InChI is InChI=1S/C44H28N4/c45-29-30-13-15-31(16-14-30)32-17-19-33(20-18-32)34-21-23-37(24-22-34)43-44(39-25-26-40-38(28-39)12-7-27-46-40)48-42(36-10-5-2-6-11-36)41(47-43)35-8-3-1-4-9-35/h1-28H. The fourth-order valence-corrected chi connectivity index (χ4v) is 6.07. The van der Waals surface area contributed by atoms with Crippen LogP contribution in [0.4, 0.5) is 0 Å². The van der Waals surface area contributed by atoms with Crippen LogP contribution in [0.1, 0.15) is 5.56 Å². The van der Waals surface area contributed by atoms with E-state index < -0.39 is 0 Å². The second-order valence-corrected chi connectivity index (χ2v) is 11.6. The highest BCUT2D eigenvalue weighted by Crippen LogP contribution is 2.38. The van der Waals surface area contributed by atoms with Gasteiger partial charge in [0.05, 0.1) is 39.9 Å². The van der Waals surface area contributed by atoms with Crippen molar-refractivity contribution in [2.75, 3.05) is 0 Å². The first-order valence-corrected chi connectivity index (χ1v) is 15.8. The van der Waals surface area contributed by atoms with Gasteiger partial charge in [0, 0.05) is 33.8 Å². The predicted molar refractivity (Wildman–Crippen MR) is 195 cm³/mol. The molecule has 224 valence electrons. The number of benzene rings is 6. The molecule has 0 bridgehead atoms. The minimum absolute atomic E-state index is 0.659. The van der Waals surface area contributed by atoms with Crippen molar-refractivity contribution in [3.63, 3.8) is 0 Å². The topological polar surface area (TPSA) is 62.5 Å². The van der Waals surface area contributed by atoms with Gasteiger partial charge in [-0.3, -0.25) is 4.98 Å². The number of nitrogens with zero attached hydrogens (tertiary/aromatic N) is 4. The minimum atomic E-state index is 0.659. The summed E-state index contributed by atoms with van der Waals surface area (Å²) in [5.74, 6) is 0. The Morgan fingerprint density at radius 1 is 0.375 bits per heavy atom. The Labute approximate surface area is 279 Å². The number of hydrogen-bond acceptors (Lipinski definition) is 4. The maximum absolute atomic E-state index is 9.13. The molecule has 2 heterocycles. The Morgan fingerprint density at radius 3 is 1.29 bits per heavy atom. The molecular formula is C44H28N4. The van der Waals surface area contributed by atoms with Crippen LogP contribution in [0.2, 0.25) is 0 Å². The van der Waals surface area contributed by atoms with E-state index in [2.05, 4.69) is 102 Å². The number of rotatable bonds is 6. The van der Waals surface area contributed by atoms with Gasteiger partial charge in [-0.1, -0.05) is 133 Å². The summed E-state index contributed by atoms with van der Waals surface area (Å²) in [5.41, 5.74) is 13.3. The molecular weight excluding hydrogens is 585 g/mol. The van der Waals surface area contributed by atoms with Crippen LogP contribution in [-0.4, -0.2) is 15.0 Å². The summed E-state index contributed by atoms with van der Waals surface area (Å²) in [5, 5.41) is 10.2. The average molecular weight is 613 g/mol. The van der Waals surface area contributed by atoms with E-state index in [1.54, 1.807) is 0 Å². The van der Waals surface area contributed by atoms with E-state index in [1.807, 2.05) is 79.0 Å². The van der Waals surface area contributed by atoms with E-state index >= 15 is 0 Å². The van der Waals surface area contributed by atoms with Gasteiger partial charge in [0.25, 0.3) is 0 Å². The largest absolute Gasteiger partial charge is 0.256 e. The highest BCUT2D eigenvalue weighted by Gasteiger charge is 2.20. The Balaban J connectivity index is 1.24. The molecule has 8 aromatic rings. The molecule has 0 unspecified atom stereocenters. The quantitative estimate of drug-likeness (QED) is 0.187. The molecule has 48 heavy (non-hydrogen) atoms. The molecule has 0 radical (unpaired) electrons. The number of fused-ring (bicyclic) bond motifs is 1. The molecule has 0 aliphatic rings. The van der Waals surface area contributed by atoms with E-state index in [1.165, 1.54) is 0 Å². The predicted octanol–water partition coefficient (Wildman–Crippen LogP) is 10.9. The maximum Gasteiger partial charge on any atom is 0.0991 e. The van der Waals surface area contributed by atoms with Gasteiger partial charge in [-0.25, -0.2) is 9.97 Å². The molecule has 4 nitrogen and oxygen atoms in total. The summed E-state index contributed by atoms with van der Waals surface area (Å²) in [6.45, 7) is 0. The first kappa shape index (κ1) is 28.8. The van der Waals surface area contributed by atoms with Crippen LogP contribution in [0, 0.1) is 11.3 Å². The minimum Gasteiger partial charge on any atom is -0.256 e. The smallest absolute Gasteiger partial charge is 0.0991 e. The van der Waals surface area contributed by atoms with Crippen LogP contribution in [0.25, 0.3) is 78.2 Å². The highest BCUT2D eigenvalue weighted by molar-refractivity contribution is 5.90. The lowest BCUT2D eigenvalue weighted by atomic mass is 9.96. The molecule has 6 aromatic carbocycles. The summed E-state index contributed by atoms with van der Waals surface area (Å²) in [7, 11) is 0. The molecule has 2 aromatic heterocycles. The van der Waals surface area contributed by atoms with Gasteiger partial charge >= 0.3 is 0 Å². The van der Waals surface area contributed by atoms with Crippen molar-refractivity contribution in [2.24, 2.45) is 0 Å². The van der Waals surface area contributed by atoms with E-state index in [4.69, 9.17) is 15.2 Å². The van der Waals surface area contributed by atoms with Crippen LogP contribution in [0.5, 0.6) is 0 Å². The molecule has 0 atom stereocenters. The van der Waals surface area contributed by atoms with Gasteiger partial charge in [-0.2, -0.15) is 5.26 Å². The third-order valence-electron chi connectivity index (χ3n) is 8.59. The van der Waals surface area contributed by atoms with E-state index in [0.29, 0.717) is 5.56 Å². The first-order valence-electron chi connectivity index (χ1n) is 15.8. The summed E-state index contributed by atoms with van der Waals surface area (Å²) < 4.78 is 0. The molecule has 0 N–H and O–H groups in total. The molecule has 4 heteroatoms. The van der Waals surface area contributed by atoms with Gasteiger partial charge in [0.2, 0.25) is 0 Å². The van der Waals surface area contributed by atoms with Gasteiger partial charge in [-0.05, 0) is 52.6 Å². The molecule has 0 saturated carbocycles. The molecule has 0 spiro atoms. The summed E-state index contributed by atoms with van der Waals surface area (Å²) in [4.78, 5) is 15.3. The van der Waals surface area contributed by atoms with Gasteiger partial charge in [0.1, 0.15) is 0 Å². The Bertz CT molecular complexity index is 2410. The number of aromatic nitrogens is 3. The number of nitriles is 1. The lowest BCUT2D eigenvalue weighted by molar-refractivity contribution is 1.22.